The van der Waals surface area contributed by atoms with E-state index in [9.17, 15) is 0 Å². The smallest absolute Gasteiger partial charge is 0.168 e. The molecule has 3 aromatic heterocycles. The average Bonchev–Trinajstić information content (AvgIpc) is 3.32. The predicted octanol–water partition coefficient (Wildman–Crippen LogP) is 5.06. The van der Waals surface area contributed by atoms with E-state index in [1.807, 2.05) is 36.4 Å². The SMILES string of the molecule is COc1ccc(Cc2nc3c4c(C)c(C)n(-c5ccccc5Br)c4ncn3n2)cc1OC. The van der Waals surface area contributed by atoms with Gasteiger partial charge in [-0.1, -0.05) is 18.2 Å². The molecule has 5 aromatic rings. The number of benzene rings is 2. The third kappa shape index (κ3) is 3.22. The maximum atomic E-state index is 5.43. The van der Waals surface area contributed by atoms with Crippen LogP contribution >= 0.6 is 15.9 Å². The topological polar surface area (TPSA) is 66.5 Å². The molecule has 0 saturated carbocycles. The Balaban J connectivity index is 1.63. The quantitative estimate of drug-likeness (QED) is 0.343. The van der Waals surface area contributed by atoms with E-state index in [2.05, 4.69) is 45.5 Å². The summed E-state index contributed by atoms with van der Waals surface area (Å²) < 4.78 is 15.7. The molecule has 0 aliphatic carbocycles. The molecule has 0 unspecified atom stereocenters. The first-order chi connectivity index (χ1) is 15.5. The zero-order valence-corrected chi connectivity index (χ0v) is 19.8. The van der Waals surface area contributed by atoms with E-state index in [0.717, 1.165) is 49.5 Å². The van der Waals surface area contributed by atoms with Crippen LogP contribution in [0.25, 0.3) is 22.4 Å². The van der Waals surface area contributed by atoms with Crippen molar-refractivity contribution in [2.75, 3.05) is 14.2 Å². The molecule has 0 aliphatic heterocycles. The number of hydrogen-bond acceptors (Lipinski definition) is 5. The molecule has 32 heavy (non-hydrogen) atoms. The highest BCUT2D eigenvalue weighted by Crippen LogP contribution is 2.33. The van der Waals surface area contributed by atoms with Crippen molar-refractivity contribution in [3.8, 4) is 17.2 Å². The molecular formula is C24H22BrN5O2. The summed E-state index contributed by atoms with van der Waals surface area (Å²) >= 11 is 3.67. The van der Waals surface area contributed by atoms with E-state index in [-0.39, 0.29) is 0 Å². The van der Waals surface area contributed by atoms with Gasteiger partial charge in [0, 0.05) is 16.6 Å². The minimum absolute atomic E-state index is 0.576. The first kappa shape index (κ1) is 20.5. The maximum absolute atomic E-state index is 5.43. The first-order valence-electron chi connectivity index (χ1n) is 10.2. The van der Waals surface area contributed by atoms with Crippen molar-refractivity contribution in [3.05, 3.63) is 75.9 Å². The Morgan fingerprint density at radius 3 is 2.50 bits per heavy atom. The van der Waals surface area contributed by atoms with Crippen molar-refractivity contribution >= 4 is 32.6 Å². The van der Waals surface area contributed by atoms with Crippen molar-refractivity contribution in [2.45, 2.75) is 20.3 Å². The van der Waals surface area contributed by atoms with Gasteiger partial charge in [0.2, 0.25) is 0 Å². The Labute approximate surface area is 193 Å². The molecule has 0 aliphatic rings. The second-order valence-electron chi connectivity index (χ2n) is 7.60. The third-order valence-electron chi connectivity index (χ3n) is 5.78. The molecule has 3 heterocycles. The molecule has 0 N–H and O–H groups in total. The largest absolute Gasteiger partial charge is 0.493 e. The fourth-order valence-electron chi connectivity index (χ4n) is 4.08. The molecule has 8 heteroatoms. The summed E-state index contributed by atoms with van der Waals surface area (Å²) in [6.45, 7) is 4.21. The molecule has 162 valence electrons. The summed E-state index contributed by atoms with van der Waals surface area (Å²) in [5.41, 5.74) is 6.02. The minimum Gasteiger partial charge on any atom is -0.493 e. The number of aromatic nitrogens is 5. The van der Waals surface area contributed by atoms with Crippen LogP contribution in [0.4, 0.5) is 0 Å². The maximum Gasteiger partial charge on any atom is 0.168 e. The molecule has 7 nitrogen and oxygen atoms in total. The number of hydrogen-bond donors (Lipinski definition) is 0. The number of rotatable bonds is 5. The van der Waals surface area contributed by atoms with Crippen LogP contribution in [-0.4, -0.2) is 38.4 Å². The lowest BCUT2D eigenvalue weighted by atomic mass is 10.1. The van der Waals surface area contributed by atoms with Gasteiger partial charge in [-0.05, 0) is 65.2 Å². The monoisotopic (exact) mass is 491 g/mol. The molecular weight excluding hydrogens is 470 g/mol. The van der Waals surface area contributed by atoms with Crippen LogP contribution in [0, 0.1) is 13.8 Å². The fourth-order valence-corrected chi connectivity index (χ4v) is 4.54. The van der Waals surface area contributed by atoms with Crippen molar-refractivity contribution in [3.63, 3.8) is 0 Å². The third-order valence-corrected chi connectivity index (χ3v) is 6.45. The van der Waals surface area contributed by atoms with E-state index in [1.165, 1.54) is 0 Å². The van der Waals surface area contributed by atoms with Gasteiger partial charge in [0.15, 0.2) is 28.6 Å². The van der Waals surface area contributed by atoms with E-state index >= 15 is 0 Å². The first-order valence-corrected chi connectivity index (χ1v) is 11.0. The van der Waals surface area contributed by atoms with Gasteiger partial charge in [0.1, 0.15) is 6.33 Å². The molecule has 0 spiro atoms. The Morgan fingerprint density at radius 2 is 1.75 bits per heavy atom. The summed E-state index contributed by atoms with van der Waals surface area (Å²) in [6.07, 6.45) is 2.31. The number of ether oxygens (including phenoxy) is 2. The van der Waals surface area contributed by atoms with Gasteiger partial charge in [-0.3, -0.25) is 4.57 Å². The standard InChI is InChI=1S/C24H22BrN5O2/c1-14-15(2)30(18-8-6-5-7-17(18)25)23-22(14)24-27-21(28-29(24)13-26-23)12-16-9-10-19(31-3)20(11-16)32-4/h5-11,13H,12H2,1-4H3. The summed E-state index contributed by atoms with van der Waals surface area (Å²) in [5.74, 6) is 2.11. The molecule has 0 atom stereocenters. The van der Waals surface area contributed by atoms with Crippen LogP contribution < -0.4 is 9.47 Å². The molecule has 0 fully saturated rings. The van der Waals surface area contributed by atoms with Crippen LogP contribution in [0.5, 0.6) is 11.5 Å². The number of para-hydroxylation sites is 1. The van der Waals surface area contributed by atoms with E-state index in [0.29, 0.717) is 17.9 Å². The summed E-state index contributed by atoms with van der Waals surface area (Å²) in [7, 11) is 3.26. The van der Waals surface area contributed by atoms with Crippen molar-refractivity contribution < 1.29 is 9.47 Å². The number of methoxy groups -OCH3 is 2. The summed E-state index contributed by atoms with van der Waals surface area (Å²) in [4.78, 5) is 9.63. The van der Waals surface area contributed by atoms with Gasteiger partial charge in [0.05, 0.1) is 25.3 Å². The van der Waals surface area contributed by atoms with Crippen LogP contribution in [0.2, 0.25) is 0 Å². The Hall–Kier alpha value is -3.39. The minimum atomic E-state index is 0.576. The molecule has 0 bridgehead atoms. The van der Waals surface area contributed by atoms with Crippen LogP contribution in [0.15, 0.2) is 53.3 Å². The molecule has 2 aromatic carbocycles. The van der Waals surface area contributed by atoms with Gasteiger partial charge in [-0.2, -0.15) is 0 Å². The van der Waals surface area contributed by atoms with Crippen LogP contribution in [-0.2, 0) is 6.42 Å². The summed E-state index contributed by atoms with van der Waals surface area (Å²) in [5, 5.41) is 5.69. The highest BCUT2D eigenvalue weighted by Gasteiger charge is 2.20. The Kier molecular flexibility index (Phi) is 5.09. The lowest BCUT2D eigenvalue weighted by molar-refractivity contribution is 0.354. The Morgan fingerprint density at radius 1 is 0.969 bits per heavy atom. The number of fused-ring (bicyclic) bond motifs is 3. The van der Waals surface area contributed by atoms with Gasteiger partial charge in [-0.15, -0.1) is 5.10 Å². The number of aryl methyl sites for hydroxylation is 1. The predicted molar refractivity (Wildman–Crippen MR) is 127 cm³/mol. The zero-order chi connectivity index (χ0) is 22.4. The van der Waals surface area contributed by atoms with Gasteiger partial charge < -0.3 is 9.47 Å². The Bertz CT molecular complexity index is 1470. The summed E-state index contributed by atoms with van der Waals surface area (Å²) in [6, 6.07) is 14.0. The molecule has 0 amide bonds. The lowest BCUT2D eigenvalue weighted by Crippen LogP contribution is -2.00. The van der Waals surface area contributed by atoms with E-state index in [4.69, 9.17) is 19.4 Å². The molecule has 0 radical (unpaired) electrons. The number of nitrogens with zero attached hydrogens (tertiary/aromatic N) is 5. The van der Waals surface area contributed by atoms with Gasteiger partial charge >= 0.3 is 0 Å². The van der Waals surface area contributed by atoms with E-state index in [1.54, 1.807) is 25.1 Å². The zero-order valence-electron chi connectivity index (χ0n) is 18.3. The fraction of sp³-hybridized carbons (Fsp3) is 0.208. The van der Waals surface area contributed by atoms with Crippen LogP contribution in [0.3, 0.4) is 0 Å². The molecule has 0 saturated heterocycles. The second kappa shape index (κ2) is 7.94. The highest BCUT2D eigenvalue weighted by molar-refractivity contribution is 9.10. The lowest BCUT2D eigenvalue weighted by Gasteiger charge is -2.09. The average molecular weight is 492 g/mol. The van der Waals surface area contributed by atoms with Crippen molar-refractivity contribution in [2.24, 2.45) is 0 Å². The van der Waals surface area contributed by atoms with Gasteiger partial charge in [0.25, 0.3) is 0 Å². The van der Waals surface area contributed by atoms with Crippen LogP contribution in [0.1, 0.15) is 22.6 Å². The molecule has 5 rings (SSSR count). The van der Waals surface area contributed by atoms with Crippen molar-refractivity contribution in [1.29, 1.82) is 0 Å². The van der Waals surface area contributed by atoms with Gasteiger partial charge in [-0.25, -0.2) is 14.5 Å². The number of halogens is 1. The normalized spacial score (nSPS) is 11.4. The highest BCUT2D eigenvalue weighted by atomic mass is 79.9. The van der Waals surface area contributed by atoms with Crippen molar-refractivity contribution in [1.82, 2.24) is 24.1 Å². The second-order valence-corrected chi connectivity index (χ2v) is 8.46. The van der Waals surface area contributed by atoms with E-state index < -0.39 is 0 Å².